The van der Waals surface area contributed by atoms with Crippen molar-refractivity contribution < 1.29 is 24.0 Å². The largest absolute Gasteiger partial charge is 0.652 e. The standard InChI is InChI=1S/2C12H20N.CH2O3/c2*1-5-9-13(10-6-2,11-7-3)12-8-4;2-1(3)4/h2*5-8H,1-4,9-12H2;(H2,2,3,4)/q2*+1;/p-2. The Morgan fingerprint density at radius 2 is 0.567 bits per heavy atom. The zero-order valence-electron chi connectivity index (χ0n) is 18.6. The summed E-state index contributed by atoms with van der Waals surface area (Å²) in [6.45, 7) is 37.7. The monoisotopic (exact) mass is 416 g/mol. The topological polar surface area (TPSA) is 63.2 Å². The molecule has 0 saturated carbocycles. The molecule has 168 valence electrons. The van der Waals surface area contributed by atoms with E-state index in [-0.39, 0.29) is 0 Å². The molecule has 0 saturated heterocycles. The smallest absolute Gasteiger partial charge is 0.0978 e. The lowest BCUT2D eigenvalue weighted by Gasteiger charge is -2.35. The summed E-state index contributed by atoms with van der Waals surface area (Å²) in [7, 11) is 0. The number of nitrogens with zero attached hydrogens (tertiary/aromatic N) is 2. The summed E-state index contributed by atoms with van der Waals surface area (Å²) in [6.07, 6.45) is 13.2. The van der Waals surface area contributed by atoms with Crippen molar-refractivity contribution in [1.29, 1.82) is 0 Å². The van der Waals surface area contributed by atoms with Gasteiger partial charge in [-0.3, -0.25) is 0 Å². The fraction of sp³-hybridized carbons (Fsp3) is 0.320. The summed E-state index contributed by atoms with van der Waals surface area (Å²) >= 11 is 0. The Morgan fingerprint density at radius 1 is 0.467 bits per heavy atom. The number of carbonyl (C=O) groups is 1. The van der Waals surface area contributed by atoms with Gasteiger partial charge < -0.3 is 24.0 Å². The highest BCUT2D eigenvalue weighted by molar-refractivity contribution is 5.47. The second kappa shape index (κ2) is 20.8. The Labute approximate surface area is 184 Å². The second-order valence-electron chi connectivity index (χ2n) is 6.70. The van der Waals surface area contributed by atoms with E-state index in [2.05, 4.69) is 52.6 Å². The Bertz CT molecular complexity index is 426. The average molecular weight is 417 g/mol. The molecule has 0 radical (unpaired) electrons. The Balaban J connectivity index is -0.000000412. The summed E-state index contributed by atoms with van der Waals surface area (Å²) in [4.78, 5) is 8.33. The van der Waals surface area contributed by atoms with Crippen LogP contribution in [0.4, 0.5) is 4.79 Å². The maximum Gasteiger partial charge on any atom is 0.0978 e. The Morgan fingerprint density at radius 3 is 0.633 bits per heavy atom. The summed E-state index contributed by atoms with van der Waals surface area (Å²) in [5, 5.41) is 16.7. The highest BCUT2D eigenvalue weighted by Gasteiger charge is 2.21. The molecule has 5 nitrogen and oxygen atoms in total. The van der Waals surface area contributed by atoms with Crippen LogP contribution in [0.3, 0.4) is 0 Å². The van der Waals surface area contributed by atoms with Gasteiger partial charge in [0.25, 0.3) is 0 Å². The first-order chi connectivity index (χ1) is 14.2. The number of hydrogen-bond donors (Lipinski definition) is 0. The van der Waals surface area contributed by atoms with Crippen molar-refractivity contribution in [3.8, 4) is 0 Å². The van der Waals surface area contributed by atoms with Crippen LogP contribution in [0, 0.1) is 0 Å². The van der Waals surface area contributed by atoms with Gasteiger partial charge in [0.1, 0.15) is 0 Å². The number of hydrogen-bond acceptors (Lipinski definition) is 3. The first-order valence-corrected chi connectivity index (χ1v) is 9.67. The molecule has 0 aromatic carbocycles. The zero-order valence-corrected chi connectivity index (χ0v) is 18.6. The molecule has 30 heavy (non-hydrogen) atoms. The van der Waals surface area contributed by atoms with Crippen molar-refractivity contribution in [2.75, 3.05) is 52.4 Å². The maximum atomic E-state index is 8.33. The van der Waals surface area contributed by atoms with Crippen LogP contribution in [0.25, 0.3) is 0 Å². The van der Waals surface area contributed by atoms with Crippen molar-refractivity contribution in [3.63, 3.8) is 0 Å². The van der Waals surface area contributed by atoms with Crippen molar-refractivity contribution in [1.82, 2.24) is 0 Å². The van der Waals surface area contributed by atoms with Crippen LogP contribution in [0.1, 0.15) is 0 Å². The highest BCUT2D eigenvalue weighted by atomic mass is 16.6. The Kier molecular flexibility index (Phi) is 22.1. The average Bonchev–Trinajstić information content (AvgIpc) is 2.64. The SMILES string of the molecule is C=CC[N+](CC=C)(CC=C)CC=C.C=CC[N+](CC=C)(CC=C)CC=C.O=C([O-])[O-]. The van der Waals surface area contributed by atoms with Crippen molar-refractivity contribution in [2.24, 2.45) is 0 Å². The second-order valence-corrected chi connectivity index (χ2v) is 6.70. The van der Waals surface area contributed by atoms with E-state index in [9.17, 15) is 0 Å². The maximum absolute atomic E-state index is 8.33. The highest BCUT2D eigenvalue weighted by Crippen LogP contribution is 2.08. The lowest BCUT2D eigenvalue weighted by Crippen LogP contribution is -2.48. The van der Waals surface area contributed by atoms with Gasteiger partial charge in [0.15, 0.2) is 0 Å². The van der Waals surface area contributed by atoms with Crippen LogP contribution in [-0.4, -0.2) is 67.5 Å². The van der Waals surface area contributed by atoms with Gasteiger partial charge >= 0.3 is 0 Å². The van der Waals surface area contributed by atoms with Crippen molar-refractivity contribution in [2.45, 2.75) is 0 Å². The minimum absolute atomic E-state index is 0.903. The van der Waals surface area contributed by atoms with E-state index in [1.807, 2.05) is 48.6 Å². The molecule has 0 aliphatic heterocycles. The minimum atomic E-state index is -2.33. The predicted molar refractivity (Wildman–Crippen MR) is 126 cm³/mol. The summed E-state index contributed by atoms with van der Waals surface area (Å²) in [5.74, 6) is 0. The van der Waals surface area contributed by atoms with Gasteiger partial charge in [-0.25, -0.2) is 0 Å². The molecule has 0 heterocycles. The molecular weight excluding hydrogens is 376 g/mol. The Hall–Kier alpha value is -2.89. The number of quaternary nitrogens is 2. The van der Waals surface area contributed by atoms with Crippen LogP contribution in [0.15, 0.2) is 101 Å². The van der Waals surface area contributed by atoms with E-state index in [1.165, 1.54) is 0 Å². The molecule has 0 N–H and O–H groups in total. The van der Waals surface area contributed by atoms with E-state index in [4.69, 9.17) is 15.0 Å². The molecule has 0 amide bonds. The van der Waals surface area contributed by atoms with Crippen LogP contribution in [0.2, 0.25) is 0 Å². The lowest BCUT2D eigenvalue weighted by molar-refractivity contribution is -0.906. The molecule has 0 unspecified atom stereocenters. The molecule has 0 aliphatic carbocycles. The minimum Gasteiger partial charge on any atom is -0.652 e. The fourth-order valence-corrected chi connectivity index (χ4v) is 3.09. The third-order valence-electron chi connectivity index (χ3n) is 4.13. The number of carbonyl (C=O) groups excluding carboxylic acids is 1. The molecule has 0 atom stereocenters. The predicted octanol–water partition coefficient (Wildman–Crippen LogP) is 2.65. The zero-order chi connectivity index (χ0) is 23.9. The van der Waals surface area contributed by atoms with Gasteiger partial charge in [0.05, 0.1) is 52.4 Å². The molecule has 0 bridgehead atoms. The molecular formula is C25H40N2O3. The van der Waals surface area contributed by atoms with E-state index in [0.29, 0.717) is 0 Å². The van der Waals surface area contributed by atoms with Gasteiger partial charge in [-0.05, 0) is 54.8 Å². The van der Waals surface area contributed by atoms with Crippen LogP contribution in [-0.2, 0) is 0 Å². The first kappa shape index (κ1) is 31.8. The number of carboxylic acid groups (broad SMARTS) is 2. The van der Waals surface area contributed by atoms with Crippen LogP contribution in [0.5, 0.6) is 0 Å². The fourth-order valence-electron chi connectivity index (χ4n) is 3.09. The molecule has 0 aromatic rings. The summed E-state index contributed by atoms with van der Waals surface area (Å²) in [5.41, 5.74) is 0. The van der Waals surface area contributed by atoms with Gasteiger partial charge in [-0.1, -0.05) is 52.6 Å². The van der Waals surface area contributed by atoms with Gasteiger partial charge in [0, 0.05) is 0 Å². The third kappa shape index (κ3) is 17.2. The van der Waals surface area contributed by atoms with E-state index < -0.39 is 6.16 Å². The first-order valence-electron chi connectivity index (χ1n) is 9.67. The molecule has 0 aromatic heterocycles. The van der Waals surface area contributed by atoms with Crippen LogP contribution < -0.4 is 10.2 Å². The van der Waals surface area contributed by atoms with Gasteiger partial charge in [-0.2, -0.15) is 0 Å². The lowest BCUT2D eigenvalue weighted by atomic mass is 10.3. The van der Waals surface area contributed by atoms with E-state index in [0.717, 1.165) is 61.3 Å². The summed E-state index contributed by atoms with van der Waals surface area (Å²) in [6, 6.07) is 0. The van der Waals surface area contributed by atoms with Crippen molar-refractivity contribution >= 4 is 6.16 Å². The molecule has 0 spiro atoms. The molecule has 5 heteroatoms. The quantitative estimate of drug-likeness (QED) is 0.287. The molecule has 0 rings (SSSR count). The molecule has 0 aliphatic rings. The van der Waals surface area contributed by atoms with Crippen molar-refractivity contribution in [3.05, 3.63) is 101 Å². The van der Waals surface area contributed by atoms with E-state index in [1.54, 1.807) is 0 Å². The number of rotatable bonds is 16. The third-order valence-corrected chi connectivity index (χ3v) is 4.13. The van der Waals surface area contributed by atoms with Gasteiger partial charge in [-0.15, -0.1) is 0 Å². The van der Waals surface area contributed by atoms with Gasteiger partial charge in [0.2, 0.25) is 0 Å². The van der Waals surface area contributed by atoms with Crippen LogP contribution >= 0.6 is 0 Å². The van der Waals surface area contributed by atoms with E-state index >= 15 is 0 Å². The molecule has 0 fully saturated rings. The summed E-state index contributed by atoms with van der Waals surface area (Å²) < 4.78 is 1.81. The normalized spacial score (nSPS) is 9.87.